The van der Waals surface area contributed by atoms with E-state index in [0.29, 0.717) is 25.1 Å². The zero-order chi connectivity index (χ0) is 29.1. The molecule has 1 saturated carbocycles. The molecule has 1 N–H and O–H groups in total. The Morgan fingerprint density at radius 3 is 2.52 bits per heavy atom. The van der Waals surface area contributed by atoms with Gasteiger partial charge < -0.3 is 19.7 Å². The van der Waals surface area contributed by atoms with Crippen molar-refractivity contribution >= 4 is 23.9 Å². The van der Waals surface area contributed by atoms with Gasteiger partial charge in [-0.05, 0) is 67.9 Å². The van der Waals surface area contributed by atoms with Crippen LogP contribution in [0.3, 0.4) is 0 Å². The number of hydrogen-bond donors (Lipinski definition) is 1. The Hall–Kier alpha value is -3.66. The van der Waals surface area contributed by atoms with E-state index in [-0.39, 0.29) is 17.5 Å². The van der Waals surface area contributed by atoms with E-state index >= 15 is 0 Å². The first-order valence-electron chi connectivity index (χ1n) is 13.2. The van der Waals surface area contributed by atoms with E-state index in [1.54, 1.807) is 6.07 Å². The Bertz CT molecular complexity index is 1290. The minimum atomic E-state index is -4.48. The number of halogens is 3. The summed E-state index contributed by atoms with van der Waals surface area (Å²) in [5, 5.41) is 2.98. The van der Waals surface area contributed by atoms with Crippen LogP contribution < -0.4 is 10.1 Å². The first-order valence-corrected chi connectivity index (χ1v) is 13.2. The summed E-state index contributed by atoms with van der Waals surface area (Å²) in [6, 6.07) is 11.7. The van der Waals surface area contributed by atoms with Gasteiger partial charge in [-0.25, -0.2) is 0 Å². The third-order valence-corrected chi connectivity index (χ3v) is 7.71. The summed E-state index contributed by atoms with van der Waals surface area (Å²) >= 11 is 0. The average Bonchev–Trinajstić information content (AvgIpc) is 2.87. The van der Waals surface area contributed by atoms with Crippen molar-refractivity contribution < 1.29 is 37.0 Å². The fourth-order valence-electron chi connectivity index (χ4n) is 6.08. The summed E-state index contributed by atoms with van der Waals surface area (Å²) in [6.07, 6.45) is -0.737. The number of piperidine rings is 1. The van der Waals surface area contributed by atoms with Crippen LogP contribution in [-0.2, 0) is 30.7 Å². The average molecular weight is 559 g/mol. The van der Waals surface area contributed by atoms with Gasteiger partial charge in [0.2, 0.25) is 5.91 Å². The zero-order valence-electron chi connectivity index (χ0n) is 22.7. The van der Waals surface area contributed by atoms with Gasteiger partial charge in [-0.15, -0.1) is 0 Å². The van der Waals surface area contributed by atoms with Crippen LogP contribution in [0.15, 0.2) is 54.6 Å². The number of carbonyl (C=O) groups is 3. The molecule has 4 unspecified atom stereocenters. The summed E-state index contributed by atoms with van der Waals surface area (Å²) in [5.41, 5.74) is -0.0951. The Morgan fingerprint density at radius 2 is 1.82 bits per heavy atom. The number of nitrogens with one attached hydrogen (secondary N) is 1. The van der Waals surface area contributed by atoms with Crippen LogP contribution in [0.4, 0.5) is 13.2 Å². The number of likely N-dealkylation sites (tertiary alicyclic amines) is 1. The van der Waals surface area contributed by atoms with Crippen molar-refractivity contribution in [2.24, 2.45) is 5.92 Å². The maximum absolute atomic E-state index is 13.1. The number of fused-ring (bicyclic) bond motifs is 1. The molecule has 40 heavy (non-hydrogen) atoms. The normalized spacial score (nSPS) is 25.2. The highest BCUT2D eigenvalue weighted by Gasteiger charge is 2.53. The highest BCUT2D eigenvalue weighted by molar-refractivity contribution is 5.92. The molecule has 0 radical (unpaired) electrons. The van der Waals surface area contributed by atoms with Gasteiger partial charge in [0.05, 0.1) is 5.56 Å². The van der Waals surface area contributed by atoms with Crippen molar-refractivity contribution in [1.29, 1.82) is 0 Å². The predicted octanol–water partition coefficient (Wildman–Crippen LogP) is 4.74. The monoisotopic (exact) mass is 558 g/mol. The minimum Gasteiger partial charge on any atom is -0.462 e. The SMILES string of the molecule is CC(=O)Oc1cccc(C23CCN(C)CC2C(OC(C)=O)CC(NC(=O)/C=C/c2cccc(C(F)(F)F)c2)C3)c1. The molecule has 0 aromatic heterocycles. The first-order chi connectivity index (χ1) is 18.9. The first kappa shape index (κ1) is 29.3. The maximum Gasteiger partial charge on any atom is 0.416 e. The maximum atomic E-state index is 13.1. The molecule has 2 aromatic rings. The molecule has 0 bridgehead atoms. The van der Waals surface area contributed by atoms with E-state index < -0.39 is 41.1 Å². The van der Waals surface area contributed by atoms with Gasteiger partial charge in [-0.3, -0.25) is 14.4 Å². The topological polar surface area (TPSA) is 84.9 Å². The smallest absolute Gasteiger partial charge is 0.416 e. The summed E-state index contributed by atoms with van der Waals surface area (Å²) in [4.78, 5) is 38.8. The second kappa shape index (κ2) is 11.8. The van der Waals surface area contributed by atoms with E-state index in [1.165, 1.54) is 38.1 Å². The van der Waals surface area contributed by atoms with Crippen molar-refractivity contribution in [2.45, 2.75) is 56.8 Å². The van der Waals surface area contributed by atoms with E-state index in [9.17, 15) is 27.6 Å². The quantitative estimate of drug-likeness (QED) is 0.313. The highest BCUT2D eigenvalue weighted by Crippen LogP contribution is 2.50. The molecular formula is C30H33F3N2O5. The Morgan fingerprint density at radius 1 is 1.07 bits per heavy atom. The number of carbonyl (C=O) groups excluding carboxylic acids is 3. The van der Waals surface area contributed by atoms with Gasteiger partial charge >= 0.3 is 18.1 Å². The number of rotatable bonds is 6. The van der Waals surface area contributed by atoms with E-state index in [2.05, 4.69) is 10.2 Å². The molecule has 4 atom stereocenters. The molecule has 1 saturated heterocycles. The molecule has 2 fully saturated rings. The number of alkyl halides is 3. The van der Waals surface area contributed by atoms with Crippen molar-refractivity contribution in [1.82, 2.24) is 10.2 Å². The Kier molecular flexibility index (Phi) is 8.68. The molecule has 7 nitrogen and oxygen atoms in total. The van der Waals surface area contributed by atoms with Crippen molar-refractivity contribution in [3.8, 4) is 5.75 Å². The molecule has 1 aliphatic heterocycles. The molecule has 10 heteroatoms. The minimum absolute atomic E-state index is 0.0727. The Balaban J connectivity index is 1.62. The Labute approximate surface area is 231 Å². The van der Waals surface area contributed by atoms with Gasteiger partial charge in [0.25, 0.3) is 0 Å². The van der Waals surface area contributed by atoms with Crippen LogP contribution in [0.2, 0.25) is 0 Å². The molecule has 214 valence electrons. The summed E-state index contributed by atoms with van der Waals surface area (Å²) in [5.74, 6) is -0.974. The molecule has 2 aromatic carbocycles. The zero-order valence-corrected chi connectivity index (χ0v) is 22.7. The van der Waals surface area contributed by atoms with Crippen LogP contribution in [0, 0.1) is 5.92 Å². The lowest BCUT2D eigenvalue weighted by molar-refractivity contribution is -0.157. The van der Waals surface area contributed by atoms with Crippen molar-refractivity contribution in [2.75, 3.05) is 20.1 Å². The number of hydrogen-bond acceptors (Lipinski definition) is 6. The molecular weight excluding hydrogens is 525 g/mol. The van der Waals surface area contributed by atoms with Crippen LogP contribution in [-0.4, -0.2) is 55.0 Å². The fourth-order valence-corrected chi connectivity index (χ4v) is 6.08. The van der Waals surface area contributed by atoms with Gasteiger partial charge in [0.15, 0.2) is 0 Å². The van der Waals surface area contributed by atoms with Gasteiger partial charge in [0, 0.05) is 50.3 Å². The predicted molar refractivity (Wildman–Crippen MR) is 142 cm³/mol. The number of esters is 2. The molecule has 2 aliphatic rings. The molecule has 1 aliphatic carbocycles. The summed E-state index contributed by atoms with van der Waals surface area (Å²) in [7, 11) is 2.01. The summed E-state index contributed by atoms with van der Waals surface area (Å²) < 4.78 is 50.3. The second-order valence-corrected chi connectivity index (χ2v) is 10.6. The molecule has 4 rings (SSSR count). The second-order valence-electron chi connectivity index (χ2n) is 10.6. The number of nitrogens with zero attached hydrogens (tertiary/aromatic N) is 1. The highest BCUT2D eigenvalue weighted by atomic mass is 19.4. The van der Waals surface area contributed by atoms with Crippen LogP contribution in [0.25, 0.3) is 6.08 Å². The van der Waals surface area contributed by atoms with Crippen LogP contribution >= 0.6 is 0 Å². The molecule has 1 heterocycles. The van der Waals surface area contributed by atoms with Gasteiger partial charge in [-0.2, -0.15) is 13.2 Å². The molecule has 0 spiro atoms. The lowest BCUT2D eigenvalue weighted by Crippen LogP contribution is -2.61. The standard InChI is InChI=1S/C30H33F3N2O5/c1-19(36)39-25-9-5-7-22(15-25)29-12-13-35(3)18-26(29)27(40-20(2)37)16-24(17-29)34-28(38)11-10-21-6-4-8-23(14-21)30(31,32)33/h4-11,14-15,24,26-27H,12-13,16-18H2,1-3H3,(H,34,38)/b11-10+. The third-order valence-electron chi connectivity index (χ3n) is 7.71. The van der Waals surface area contributed by atoms with E-state index in [4.69, 9.17) is 9.47 Å². The lowest BCUT2D eigenvalue weighted by Gasteiger charge is -2.55. The van der Waals surface area contributed by atoms with E-state index in [1.807, 2.05) is 25.2 Å². The number of amides is 1. The van der Waals surface area contributed by atoms with Crippen LogP contribution in [0.1, 0.15) is 49.8 Å². The number of benzene rings is 2. The van der Waals surface area contributed by atoms with Crippen LogP contribution in [0.5, 0.6) is 5.75 Å². The largest absolute Gasteiger partial charge is 0.462 e. The van der Waals surface area contributed by atoms with Crippen molar-refractivity contribution in [3.05, 3.63) is 71.3 Å². The van der Waals surface area contributed by atoms with Crippen molar-refractivity contribution in [3.63, 3.8) is 0 Å². The summed E-state index contributed by atoms with van der Waals surface area (Å²) in [6.45, 7) is 4.14. The van der Waals surface area contributed by atoms with Gasteiger partial charge in [-0.1, -0.05) is 24.3 Å². The number of ether oxygens (including phenoxy) is 2. The molecule has 1 amide bonds. The lowest BCUT2D eigenvalue weighted by atomic mass is 9.57. The van der Waals surface area contributed by atoms with Gasteiger partial charge in [0.1, 0.15) is 11.9 Å². The van der Waals surface area contributed by atoms with E-state index in [0.717, 1.165) is 30.7 Å². The third kappa shape index (κ3) is 6.91. The fraction of sp³-hybridized carbons (Fsp3) is 0.433.